The van der Waals surface area contributed by atoms with Gasteiger partial charge in [-0.1, -0.05) is 12.1 Å². The number of aryl methyl sites for hydroxylation is 1. The first-order valence-electron chi connectivity index (χ1n) is 11.0. The number of pyridine rings is 1. The summed E-state index contributed by atoms with van der Waals surface area (Å²) in [5.74, 6) is -0.0971. The minimum Gasteiger partial charge on any atom is -0.372 e. The van der Waals surface area contributed by atoms with Crippen molar-refractivity contribution in [2.24, 2.45) is 0 Å². The molecule has 1 saturated heterocycles. The second-order valence-corrected chi connectivity index (χ2v) is 8.43. The Balaban J connectivity index is 1.37. The fourth-order valence-electron chi connectivity index (χ4n) is 4.58. The van der Waals surface area contributed by atoms with Crippen LogP contribution in [0.5, 0.6) is 0 Å². The molecule has 4 heterocycles. The Hall–Kier alpha value is -3.35. The van der Waals surface area contributed by atoms with Crippen LogP contribution in [0.3, 0.4) is 0 Å². The Bertz CT molecular complexity index is 1170. The van der Waals surface area contributed by atoms with Crippen LogP contribution in [0.15, 0.2) is 53.7 Å². The van der Waals surface area contributed by atoms with Crippen molar-refractivity contribution in [2.75, 3.05) is 24.5 Å². The van der Waals surface area contributed by atoms with Gasteiger partial charge in [-0.25, -0.2) is 4.98 Å². The Kier molecular flexibility index (Phi) is 5.10. The number of aromatic nitrogens is 3. The summed E-state index contributed by atoms with van der Waals surface area (Å²) in [5.41, 5.74) is 4.01. The minimum atomic E-state index is -0.157. The number of carbonyl (C=O) groups excluding carboxylic acids is 1. The maximum absolute atomic E-state index is 13.1. The van der Waals surface area contributed by atoms with Crippen molar-refractivity contribution in [1.29, 1.82) is 0 Å². The van der Waals surface area contributed by atoms with E-state index in [0.717, 1.165) is 24.3 Å². The molecule has 3 aromatic rings. The Labute approximate surface area is 181 Å². The maximum atomic E-state index is 13.1. The number of rotatable bonds is 4. The standard InChI is InChI=1S/C24H27N5O2/c1-18-15-28(17-25-18)21-8-9-22-23(30)27(12-13-29(22)24(21)31)16-19-6-5-7-20(14-19)26-10-3-2-4-11-26/h5-9,14-15,17H,2-4,10-13,16H2,1H3. The number of hydrogen-bond acceptors (Lipinski definition) is 4. The van der Waals surface area contributed by atoms with Crippen LogP contribution >= 0.6 is 0 Å². The van der Waals surface area contributed by atoms with Gasteiger partial charge in [-0.15, -0.1) is 0 Å². The highest BCUT2D eigenvalue weighted by atomic mass is 16.2. The van der Waals surface area contributed by atoms with Crippen LogP contribution in [-0.4, -0.2) is 44.6 Å². The lowest BCUT2D eigenvalue weighted by Crippen LogP contribution is -2.44. The summed E-state index contributed by atoms with van der Waals surface area (Å²) in [5, 5.41) is 0. The normalized spacial score (nSPS) is 16.5. The number of nitrogens with zero attached hydrogens (tertiary/aromatic N) is 5. The van der Waals surface area contributed by atoms with E-state index >= 15 is 0 Å². The highest BCUT2D eigenvalue weighted by molar-refractivity contribution is 5.93. The van der Waals surface area contributed by atoms with Crippen molar-refractivity contribution in [3.05, 3.63) is 76.2 Å². The van der Waals surface area contributed by atoms with E-state index in [1.165, 1.54) is 24.9 Å². The van der Waals surface area contributed by atoms with Crippen LogP contribution in [0.2, 0.25) is 0 Å². The number of carbonyl (C=O) groups is 1. The van der Waals surface area contributed by atoms with Gasteiger partial charge in [0.1, 0.15) is 11.4 Å². The van der Waals surface area contributed by atoms with Gasteiger partial charge in [-0.3, -0.25) is 9.59 Å². The first-order valence-corrected chi connectivity index (χ1v) is 11.0. The molecule has 7 nitrogen and oxygen atoms in total. The summed E-state index contributed by atoms with van der Waals surface area (Å²) in [7, 11) is 0. The molecule has 5 rings (SSSR count). The third-order valence-electron chi connectivity index (χ3n) is 6.25. The summed E-state index contributed by atoms with van der Waals surface area (Å²) in [4.78, 5) is 34.6. The maximum Gasteiger partial charge on any atom is 0.275 e. The van der Waals surface area contributed by atoms with Gasteiger partial charge < -0.3 is 18.9 Å². The number of hydrogen-bond donors (Lipinski definition) is 0. The number of piperidine rings is 1. The number of amides is 1. The van der Waals surface area contributed by atoms with Crippen LogP contribution in [-0.2, 0) is 13.1 Å². The molecule has 0 radical (unpaired) electrons. The van der Waals surface area contributed by atoms with Crippen LogP contribution in [0.1, 0.15) is 41.0 Å². The average Bonchev–Trinajstić information content (AvgIpc) is 3.23. The van der Waals surface area contributed by atoms with Gasteiger partial charge in [0.25, 0.3) is 11.5 Å². The number of benzene rings is 1. The molecule has 31 heavy (non-hydrogen) atoms. The molecule has 0 N–H and O–H groups in total. The predicted octanol–water partition coefficient (Wildman–Crippen LogP) is 2.99. The van der Waals surface area contributed by atoms with E-state index in [4.69, 9.17) is 0 Å². The summed E-state index contributed by atoms with van der Waals surface area (Å²) >= 11 is 0. The van der Waals surface area contributed by atoms with Crippen LogP contribution in [0, 0.1) is 6.92 Å². The van der Waals surface area contributed by atoms with Gasteiger partial charge in [0.05, 0.1) is 12.0 Å². The van der Waals surface area contributed by atoms with E-state index in [-0.39, 0.29) is 11.5 Å². The highest BCUT2D eigenvalue weighted by Crippen LogP contribution is 2.23. The fraction of sp³-hybridized carbons (Fsp3) is 0.375. The smallest absolute Gasteiger partial charge is 0.275 e. The quantitative estimate of drug-likeness (QED) is 0.655. The van der Waals surface area contributed by atoms with Gasteiger partial charge in [0.2, 0.25) is 0 Å². The van der Waals surface area contributed by atoms with E-state index in [1.807, 2.05) is 18.0 Å². The molecule has 2 aliphatic rings. The van der Waals surface area contributed by atoms with Gasteiger partial charge in [-0.2, -0.15) is 0 Å². The van der Waals surface area contributed by atoms with Crippen LogP contribution < -0.4 is 10.5 Å². The SMILES string of the molecule is Cc1cn(-c2ccc3n(c2=O)CCN(Cc2cccc(N4CCCCC4)c2)C3=O)cn1. The van der Waals surface area contributed by atoms with Gasteiger partial charge in [0, 0.05) is 44.6 Å². The molecule has 1 aromatic carbocycles. The molecule has 2 aliphatic heterocycles. The Morgan fingerprint density at radius 1 is 0.968 bits per heavy atom. The van der Waals surface area contributed by atoms with Crippen molar-refractivity contribution in [3.8, 4) is 5.69 Å². The lowest BCUT2D eigenvalue weighted by Gasteiger charge is -2.31. The van der Waals surface area contributed by atoms with Crippen LogP contribution in [0.4, 0.5) is 5.69 Å². The lowest BCUT2D eigenvalue weighted by molar-refractivity contribution is 0.0686. The third kappa shape index (κ3) is 3.76. The first-order chi connectivity index (χ1) is 15.1. The molecule has 0 saturated carbocycles. The molecular weight excluding hydrogens is 390 g/mol. The van der Waals surface area contributed by atoms with E-state index in [0.29, 0.717) is 31.0 Å². The molecular formula is C24H27N5O2. The molecule has 0 spiro atoms. The molecule has 1 amide bonds. The number of anilines is 1. The predicted molar refractivity (Wildman–Crippen MR) is 120 cm³/mol. The summed E-state index contributed by atoms with van der Waals surface area (Å²) in [6, 6.07) is 12.0. The first kappa shape index (κ1) is 19.6. The average molecular weight is 418 g/mol. The Morgan fingerprint density at radius 3 is 2.58 bits per heavy atom. The number of imidazole rings is 1. The molecule has 0 unspecified atom stereocenters. The van der Waals surface area contributed by atoms with Crippen LogP contribution in [0.25, 0.3) is 5.69 Å². The summed E-state index contributed by atoms with van der Waals surface area (Å²) < 4.78 is 3.31. The molecule has 1 fully saturated rings. The van der Waals surface area contributed by atoms with Crippen molar-refractivity contribution in [1.82, 2.24) is 19.0 Å². The zero-order valence-electron chi connectivity index (χ0n) is 17.8. The van der Waals surface area contributed by atoms with E-state index < -0.39 is 0 Å². The minimum absolute atomic E-state index is 0.0971. The second-order valence-electron chi connectivity index (χ2n) is 8.43. The molecule has 160 valence electrons. The molecule has 0 aliphatic carbocycles. The van der Waals surface area contributed by atoms with Gasteiger partial charge in [0.15, 0.2) is 0 Å². The van der Waals surface area contributed by atoms with Gasteiger partial charge in [-0.05, 0) is 56.0 Å². The third-order valence-corrected chi connectivity index (χ3v) is 6.25. The summed E-state index contributed by atoms with van der Waals surface area (Å²) in [6.07, 6.45) is 7.22. The number of fused-ring (bicyclic) bond motifs is 1. The Morgan fingerprint density at radius 2 is 1.81 bits per heavy atom. The van der Waals surface area contributed by atoms with Crippen molar-refractivity contribution < 1.29 is 4.79 Å². The molecule has 0 bridgehead atoms. The van der Waals surface area contributed by atoms with Crippen molar-refractivity contribution in [3.63, 3.8) is 0 Å². The van der Waals surface area contributed by atoms with Crippen molar-refractivity contribution >= 4 is 11.6 Å². The highest BCUT2D eigenvalue weighted by Gasteiger charge is 2.26. The van der Waals surface area contributed by atoms with E-state index in [2.05, 4.69) is 34.1 Å². The van der Waals surface area contributed by atoms with Gasteiger partial charge >= 0.3 is 0 Å². The van der Waals surface area contributed by atoms with Crippen molar-refractivity contribution in [2.45, 2.75) is 39.3 Å². The fourth-order valence-corrected chi connectivity index (χ4v) is 4.58. The van der Waals surface area contributed by atoms with E-state index in [1.54, 1.807) is 27.6 Å². The summed E-state index contributed by atoms with van der Waals surface area (Å²) in [6.45, 7) is 5.65. The topological polar surface area (TPSA) is 63.4 Å². The largest absolute Gasteiger partial charge is 0.372 e. The molecule has 2 aromatic heterocycles. The van der Waals surface area contributed by atoms with E-state index in [9.17, 15) is 9.59 Å². The zero-order chi connectivity index (χ0) is 21.4. The monoisotopic (exact) mass is 417 g/mol. The lowest BCUT2D eigenvalue weighted by atomic mass is 10.1. The molecule has 7 heteroatoms. The second kappa shape index (κ2) is 8.06. The zero-order valence-corrected chi connectivity index (χ0v) is 17.8. The molecule has 0 atom stereocenters.